The first-order valence-electron chi connectivity index (χ1n) is 10.9. The van der Waals surface area contributed by atoms with Crippen LogP contribution in [0, 0.1) is 11.8 Å². The van der Waals surface area contributed by atoms with Crippen LogP contribution in [-0.2, 0) is 9.53 Å². The molecule has 4 heterocycles. The van der Waals surface area contributed by atoms with Crippen molar-refractivity contribution in [3.8, 4) is 0 Å². The maximum Gasteiger partial charge on any atom is 0.155 e. The highest BCUT2D eigenvalue weighted by molar-refractivity contribution is 6.35. The zero-order chi connectivity index (χ0) is 22.1. The maximum absolute atomic E-state index is 13.4. The Morgan fingerprint density at radius 1 is 1.25 bits per heavy atom. The number of carbonyl (C=O) groups excluding carboxylic acids is 1. The van der Waals surface area contributed by atoms with Gasteiger partial charge in [-0.15, -0.1) is 0 Å². The zero-order valence-electron chi connectivity index (χ0n) is 17.6. The molecule has 0 amide bonds. The molecule has 0 aliphatic carbocycles. The summed E-state index contributed by atoms with van der Waals surface area (Å²) in [6.07, 6.45) is 6.05. The maximum atomic E-state index is 13.4. The van der Waals surface area contributed by atoms with Crippen molar-refractivity contribution in [2.75, 3.05) is 36.5 Å². The molecule has 0 saturated carbocycles. The number of rotatable bonds is 7. The summed E-state index contributed by atoms with van der Waals surface area (Å²) in [6.45, 7) is 2.91. The van der Waals surface area contributed by atoms with Gasteiger partial charge >= 0.3 is 0 Å². The summed E-state index contributed by atoms with van der Waals surface area (Å²) in [7, 11) is 0. The topological polar surface area (TPSA) is 83.1 Å². The number of aromatic amines is 1. The van der Waals surface area contributed by atoms with Gasteiger partial charge in [-0.1, -0.05) is 23.2 Å². The molecule has 0 radical (unpaired) electrons. The monoisotopic (exact) mass is 473 g/mol. The van der Waals surface area contributed by atoms with Crippen molar-refractivity contribution in [2.24, 2.45) is 11.8 Å². The quantitative estimate of drug-likeness (QED) is 0.522. The number of nitrogens with zero attached hydrogens (tertiary/aromatic N) is 3. The van der Waals surface area contributed by atoms with E-state index >= 15 is 0 Å². The van der Waals surface area contributed by atoms with E-state index in [-0.39, 0.29) is 23.7 Å². The van der Waals surface area contributed by atoms with Gasteiger partial charge in [0.25, 0.3) is 0 Å². The van der Waals surface area contributed by atoms with Gasteiger partial charge in [0, 0.05) is 47.4 Å². The predicted octanol–water partition coefficient (Wildman–Crippen LogP) is 4.57. The molecule has 2 aliphatic rings. The molecule has 0 bridgehead atoms. The van der Waals surface area contributed by atoms with Gasteiger partial charge in [-0.3, -0.25) is 4.79 Å². The Kier molecular flexibility index (Phi) is 6.22. The number of aromatic nitrogens is 3. The van der Waals surface area contributed by atoms with Gasteiger partial charge in [0.05, 0.1) is 24.6 Å². The van der Waals surface area contributed by atoms with Crippen LogP contribution in [0.25, 0.3) is 11.0 Å². The van der Waals surface area contributed by atoms with Crippen LogP contribution in [-0.4, -0.2) is 53.1 Å². The Labute approximate surface area is 196 Å². The third-order valence-corrected chi connectivity index (χ3v) is 6.74. The lowest BCUT2D eigenvalue weighted by molar-refractivity contribution is -0.127. The molecule has 3 aromatic rings. The number of halogens is 2. The molecular weight excluding hydrogens is 449 g/mol. The molecule has 7 nitrogen and oxygen atoms in total. The summed E-state index contributed by atoms with van der Waals surface area (Å²) in [5.41, 5.74) is 1.59. The van der Waals surface area contributed by atoms with Crippen LogP contribution in [0.5, 0.6) is 0 Å². The number of fused-ring (bicyclic) bond motifs is 1. The third-order valence-electron chi connectivity index (χ3n) is 6.31. The molecule has 168 valence electrons. The zero-order valence-corrected chi connectivity index (χ0v) is 19.1. The molecule has 2 aromatic heterocycles. The average Bonchev–Trinajstić information content (AvgIpc) is 3.20. The fourth-order valence-electron chi connectivity index (χ4n) is 4.67. The molecule has 2 atom stereocenters. The minimum absolute atomic E-state index is 0.154. The highest BCUT2D eigenvalue weighted by atomic mass is 35.5. The number of anilines is 2. The molecule has 1 aromatic carbocycles. The minimum Gasteiger partial charge on any atom is -0.380 e. The number of piperidine rings is 1. The fraction of sp³-hybridized carbons (Fsp3) is 0.435. The average molecular weight is 474 g/mol. The molecule has 2 saturated heterocycles. The fourth-order valence-corrected chi connectivity index (χ4v) is 5.20. The highest BCUT2D eigenvalue weighted by Gasteiger charge is 2.35. The second kappa shape index (κ2) is 9.25. The molecule has 5 rings (SSSR count). The van der Waals surface area contributed by atoms with E-state index in [1.807, 2.05) is 12.3 Å². The lowest BCUT2D eigenvalue weighted by Gasteiger charge is -2.37. The van der Waals surface area contributed by atoms with Crippen molar-refractivity contribution in [1.82, 2.24) is 15.0 Å². The molecule has 9 heteroatoms. The molecule has 2 fully saturated rings. The van der Waals surface area contributed by atoms with Gasteiger partial charge < -0.3 is 19.9 Å². The molecule has 32 heavy (non-hydrogen) atoms. The van der Waals surface area contributed by atoms with Crippen LogP contribution in [0.3, 0.4) is 0 Å². The molecule has 2 aliphatic heterocycles. The lowest BCUT2D eigenvalue weighted by atomic mass is 9.86. The van der Waals surface area contributed by atoms with Gasteiger partial charge in [-0.25, -0.2) is 9.97 Å². The lowest BCUT2D eigenvalue weighted by Crippen LogP contribution is -2.48. The number of ketones is 1. The van der Waals surface area contributed by atoms with Crippen molar-refractivity contribution in [3.05, 3.63) is 46.8 Å². The normalized spacial score (nSPS) is 20.2. The Morgan fingerprint density at radius 2 is 2.06 bits per heavy atom. The summed E-state index contributed by atoms with van der Waals surface area (Å²) < 4.78 is 5.38. The Hall–Kier alpha value is -2.35. The van der Waals surface area contributed by atoms with Crippen molar-refractivity contribution in [1.29, 1.82) is 0 Å². The van der Waals surface area contributed by atoms with E-state index in [0.29, 0.717) is 29.7 Å². The van der Waals surface area contributed by atoms with E-state index < -0.39 is 0 Å². The number of hydrogen-bond donors (Lipinski definition) is 2. The third kappa shape index (κ3) is 4.56. The number of H-pyrrole nitrogens is 1. The Bertz CT molecular complexity index is 1100. The van der Waals surface area contributed by atoms with E-state index in [1.54, 1.807) is 24.5 Å². The van der Waals surface area contributed by atoms with Crippen LogP contribution in [0.1, 0.15) is 19.3 Å². The molecular formula is C23H25Cl2N5O2. The van der Waals surface area contributed by atoms with E-state index in [9.17, 15) is 4.79 Å². The van der Waals surface area contributed by atoms with Crippen LogP contribution < -0.4 is 10.2 Å². The number of ether oxygens (including phenoxy) is 1. The first-order valence-corrected chi connectivity index (χ1v) is 11.7. The van der Waals surface area contributed by atoms with Crippen LogP contribution in [0.15, 0.2) is 36.8 Å². The van der Waals surface area contributed by atoms with Gasteiger partial charge in [0.1, 0.15) is 17.8 Å². The van der Waals surface area contributed by atoms with Gasteiger partial charge in [0.15, 0.2) is 5.78 Å². The van der Waals surface area contributed by atoms with E-state index in [0.717, 1.165) is 48.5 Å². The number of benzene rings is 1. The first kappa shape index (κ1) is 21.5. The Morgan fingerprint density at radius 3 is 2.81 bits per heavy atom. The summed E-state index contributed by atoms with van der Waals surface area (Å²) in [5.74, 6) is 1.56. The van der Waals surface area contributed by atoms with Gasteiger partial charge in [-0.05, 0) is 43.0 Å². The molecule has 0 spiro atoms. The second-order valence-electron chi connectivity index (χ2n) is 8.64. The summed E-state index contributed by atoms with van der Waals surface area (Å²) >= 11 is 12.3. The second-order valence-corrected chi connectivity index (χ2v) is 9.51. The Balaban J connectivity index is 1.29. The highest BCUT2D eigenvalue weighted by Crippen LogP contribution is 2.31. The van der Waals surface area contributed by atoms with E-state index in [4.69, 9.17) is 27.9 Å². The number of Topliss-reactive ketones (excluding diaryl/α,β-unsaturated/α-hetero) is 1. The van der Waals surface area contributed by atoms with Crippen molar-refractivity contribution < 1.29 is 9.53 Å². The first-order chi connectivity index (χ1) is 15.6. The number of nitrogens with one attached hydrogen (secondary N) is 2. The van der Waals surface area contributed by atoms with E-state index in [1.165, 1.54) is 0 Å². The number of carbonyl (C=O) groups is 1. The van der Waals surface area contributed by atoms with Crippen molar-refractivity contribution in [3.63, 3.8) is 0 Å². The summed E-state index contributed by atoms with van der Waals surface area (Å²) in [4.78, 5) is 27.6. The molecule has 1 unspecified atom stereocenters. The molecule has 2 N–H and O–H groups in total. The van der Waals surface area contributed by atoms with Gasteiger partial charge in [-0.2, -0.15) is 0 Å². The van der Waals surface area contributed by atoms with Crippen LogP contribution >= 0.6 is 23.2 Å². The van der Waals surface area contributed by atoms with Crippen LogP contribution in [0.2, 0.25) is 10.0 Å². The van der Waals surface area contributed by atoms with Crippen LogP contribution in [0.4, 0.5) is 11.5 Å². The largest absolute Gasteiger partial charge is 0.380 e. The smallest absolute Gasteiger partial charge is 0.155 e. The van der Waals surface area contributed by atoms with Crippen molar-refractivity contribution >= 4 is 51.5 Å². The standard InChI is InChI=1S/C23H25Cl2N5O2/c24-16-7-17(25)9-18(8-16)29-21(15-11-32-12-15)20(31)6-14-2-1-5-30(10-14)23-19-3-4-26-22(19)27-13-28-23/h3-4,7-9,13-15,21,29H,1-2,5-6,10-12H2,(H,26,27,28)/t14-,21?/m0/s1. The number of hydrogen-bond acceptors (Lipinski definition) is 6. The SMILES string of the molecule is O=C(C[C@@H]1CCCN(c2ncnc3[nH]ccc23)C1)C(Nc1cc(Cl)cc(Cl)c1)C1COC1. The predicted molar refractivity (Wildman–Crippen MR) is 127 cm³/mol. The van der Waals surface area contributed by atoms with E-state index in [2.05, 4.69) is 25.2 Å². The minimum atomic E-state index is -0.316. The summed E-state index contributed by atoms with van der Waals surface area (Å²) in [6, 6.07) is 6.97. The summed E-state index contributed by atoms with van der Waals surface area (Å²) in [5, 5.41) is 5.48. The van der Waals surface area contributed by atoms with Crippen molar-refractivity contribution in [2.45, 2.75) is 25.3 Å². The van der Waals surface area contributed by atoms with Gasteiger partial charge in [0.2, 0.25) is 0 Å².